The van der Waals surface area contributed by atoms with Gasteiger partial charge in [-0.3, -0.25) is 4.79 Å². The van der Waals surface area contributed by atoms with Gasteiger partial charge in [-0.1, -0.05) is 17.7 Å². The van der Waals surface area contributed by atoms with Crippen LogP contribution in [0, 0.1) is 0 Å². The topological polar surface area (TPSA) is 76.5 Å². The smallest absolute Gasteiger partial charge is 0.322 e. The number of halogens is 1. The standard InChI is InChI=1S/C17H19ClN4O3/c1-25-8-7-22-16(23)9-12-11-21(6-5-15(12)20-22)17(24)19-14-4-2-3-13(18)10-14/h2-4,9-10H,5-8,11H2,1H3,(H,19,24). The summed E-state index contributed by atoms with van der Waals surface area (Å²) in [5.74, 6) is 0. The van der Waals surface area contributed by atoms with Gasteiger partial charge in [0.1, 0.15) is 0 Å². The maximum atomic E-state index is 12.4. The van der Waals surface area contributed by atoms with Crippen molar-refractivity contribution in [2.45, 2.75) is 19.5 Å². The predicted octanol–water partition coefficient (Wildman–Crippen LogP) is 2.13. The molecule has 0 aliphatic carbocycles. The van der Waals surface area contributed by atoms with Gasteiger partial charge in [0, 0.05) is 49.0 Å². The van der Waals surface area contributed by atoms with E-state index < -0.39 is 0 Å². The Morgan fingerprint density at radius 1 is 1.40 bits per heavy atom. The summed E-state index contributed by atoms with van der Waals surface area (Å²) in [6.07, 6.45) is 0.603. The van der Waals surface area contributed by atoms with E-state index in [1.165, 1.54) is 4.68 Å². The number of nitrogens with zero attached hydrogens (tertiary/aromatic N) is 3. The van der Waals surface area contributed by atoms with Gasteiger partial charge < -0.3 is 15.0 Å². The van der Waals surface area contributed by atoms with Gasteiger partial charge in [0.15, 0.2) is 0 Å². The highest BCUT2D eigenvalue weighted by atomic mass is 35.5. The Kier molecular flexibility index (Phi) is 5.35. The molecule has 0 bridgehead atoms. The number of amides is 2. The fraction of sp³-hybridized carbons (Fsp3) is 0.353. The van der Waals surface area contributed by atoms with Gasteiger partial charge in [-0.2, -0.15) is 5.10 Å². The van der Waals surface area contributed by atoms with Crippen molar-refractivity contribution in [3.8, 4) is 0 Å². The van der Waals surface area contributed by atoms with E-state index in [9.17, 15) is 9.59 Å². The van der Waals surface area contributed by atoms with E-state index in [0.29, 0.717) is 43.4 Å². The number of methoxy groups -OCH3 is 1. The van der Waals surface area contributed by atoms with Gasteiger partial charge in [-0.25, -0.2) is 9.48 Å². The second-order valence-electron chi connectivity index (χ2n) is 5.78. The van der Waals surface area contributed by atoms with E-state index in [0.717, 1.165) is 11.3 Å². The fourth-order valence-electron chi connectivity index (χ4n) is 2.72. The second kappa shape index (κ2) is 7.67. The largest absolute Gasteiger partial charge is 0.383 e. The normalized spacial score (nSPS) is 13.4. The van der Waals surface area contributed by atoms with Crippen LogP contribution >= 0.6 is 11.6 Å². The maximum Gasteiger partial charge on any atom is 0.322 e. The SMILES string of the molecule is COCCn1nc2c(cc1=O)CN(C(=O)Nc1cccc(Cl)c1)CC2. The van der Waals surface area contributed by atoms with Crippen LogP contribution in [0.2, 0.25) is 5.02 Å². The van der Waals surface area contributed by atoms with Crippen LogP contribution in [0.3, 0.4) is 0 Å². The minimum absolute atomic E-state index is 0.187. The van der Waals surface area contributed by atoms with Crippen LogP contribution in [0.1, 0.15) is 11.3 Å². The minimum Gasteiger partial charge on any atom is -0.383 e. The molecule has 8 heteroatoms. The van der Waals surface area contributed by atoms with Crippen LogP contribution in [0.15, 0.2) is 35.1 Å². The molecular formula is C17H19ClN4O3. The molecule has 3 rings (SSSR count). The van der Waals surface area contributed by atoms with Crippen LogP contribution in [-0.2, 0) is 24.2 Å². The number of fused-ring (bicyclic) bond motifs is 1. The molecule has 0 radical (unpaired) electrons. The molecular weight excluding hydrogens is 344 g/mol. The lowest BCUT2D eigenvalue weighted by molar-refractivity contribution is 0.180. The minimum atomic E-state index is -0.225. The Labute approximate surface area is 150 Å². The highest BCUT2D eigenvalue weighted by molar-refractivity contribution is 6.30. The molecule has 2 aromatic rings. The van der Waals surface area contributed by atoms with Crippen molar-refractivity contribution in [2.75, 3.05) is 25.6 Å². The Morgan fingerprint density at radius 2 is 2.24 bits per heavy atom. The molecule has 1 aromatic carbocycles. The van der Waals surface area contributed by atoms with Gasteiger partial charge in [-0.05, 0) is 18.2 Å². The lowest BCUT2D eigenvalue weighted by atomic mass is 10.1. The molecule has 0 unspecified atom stereocenters. The lowest BCUT2D eigenvalue weighted by Gasteiger charge is -2.28. The van der Waals surface area contributed by atoms with E-state index in [-0.39, 0.29) is 11.6 Å². The average molecular weight is 363 g/mol. The Balaban J connectivity index is 1.71. The van der Waals surface area contributed by atoms with Crippen LogP contribution < -0.4 is 10.9 Å². The van der Waals surface area contributed by atoms with Crippen LogP contribution in [-0.4, -0.2) is 41.0 Å². The number of carbonyl (C=O) groups is 1. The van der Waals surface area contributed by atoms with Gasteiger partial charge in [-0.15, -0.1) is 0 Å². The van der Waals surface area contributed by atoms with Gasteiger partial charge in [0.25, 0.3) is 5.56 Å². The zero-order valence-corrected chi connectivity index (χ0v) is 14.6. The first-order chi connectivity index (χ1) is 12.1. The third kappa shape index (κ3) is 4.18. The first kappa shape index (κ1) is 17.4. The van der Waals surface area contributed by atoms with E-state index in [2.05, 4.69) is 10.4 Å². The van der Waals surface area contributed by atoms with E-state index in [4.69, 9.17) is 16.3 Å². The monoisotopic (exact) mass is 362 g/mol. The number of anilines is 1. The molecule has 1 N–H and O–H groups in total. The van der Waals surface area contributed by atoms with E-state index in [1.807, 2.05) is 0 Å². The number of carbonyl (C=O) groups excluding carboxylic acids is 1. The number of aromatic nitrogens is 2. The van der Waals surface area contributed by atoms with Gasteiger partial charge in [0.05, 0.1) is 18.8 Å². The number of benzene rings is 1. The van der Waals surface area contributed by atoms with E-state index in [1.54, 1.807) is 42.3 Å². The maximum absolute atomic E-state index is 12.4. The van der Waals surface area contributed by atoms with Crippen molar-refractivity contribution in [1.82, 2.24) is 14.7 Å². The molecule has 0 spiro atoms. The van der Waals surface area contributed by atoms with Crippen LogP contribution in [0.5, 0.6) is 0 Å². The number of nitrogens with one attached hydrogen (secondary N) is 1. The molecule has 0 fully saturated rings. The predicted molar refractivity (Wildman–Crippen MR) is 95.0 cm³/mol. The molecule has 0 saturated carbocycles. The summed E-state index contributed by atoms with van der Waals surface area (Å²) < 4.78 is 6.39. The quantitative estimate of drug-likeness (QED) is 0.904. The summed E-state index contributed by atoms with van der Waals surface area (Å²) in [4.78, 5) is 26.2. The summed E-state index contributed by atoms with van der Waals surface area (Å²) in [7, 11) is 1.58. The number of urea groups is 1. The van der Waals surface area contributed by atoms with Crippen LogP contribution in [0.4, 0.5) is 10.5 Å². The highest BCUT2D eigenvalue weighted by Crippen LogP contribution is 2.18. The molecule has 2 amide bonds. The lowest BCUT2D eigenvalue weighted by Crippen LogP contribution is -2.40. The molecule has 25 heavy (non-hydrogen) atoms. The first-order valence-corrected chi connectivity index (χ1v) is 8.35. The summed E-state index contributed by atoms with van der Waals surface area (Å²) >= 11 is 5.93. The fourth-order valence-corrected chi connectivity index (χ4v) is 2.91. The summed E-state index contributed by atoms with van der Waals surface area (Å²) in [5.41, 5.74) is 2.08. The highest BCUT2D eigenvalue weighted by Gasteiger charge is 2.23. The van der Waals surface area contributed by atoms with Crippen molar-refractivity contribution in [1.29, 1.82) is 0 Å². The number of hydrogen-bond donors (Lipinski definition) is 1. The molecule has 0 saturated heterocycles. The third-order valence-electron chi connectivity index (χ3n) is 4.01. The Morgan fingerprint density at radius 3 is 3.00 bits per heavy atom. The van der Waals surface area contributed by atoms with Crippen molar-refractivity contribution in [3.63, 3.8) is 0 Å². The van der Waals surface area contributed by atoms with Crippen molar-refractivity contribution >= 4 is 23.3 Å². The molecule has 0 atom stereocenters. The second-order valence-corrected chi connectivity index (χ2v) is 6.22. The third-order valence-corrected chi connectivity index (χ3v) is 4.25. The number of rotatable bonds is 4. The molecule has 1 aliphatic rings. The Hall–Kier alpha value is -2.38. The van der Waals surface area contributed by atoms with E-state index >= 15 is 0 Å². The van der Waals surface area contributed by atoms with Gasteiger partial charge >= 0.3 is 6.03 Å². The molecule has 132 valence electrons. The first-order valence-electron chi connectivity index (χ1n) is 7.97. The zero-order chi connectivity index (χ0) is 17.8. The van der Waals surface area contributed by atoms with Crippen LogP contribution in [0.25, 0.3) is 0 Å². The van der Waals surface area contributed by atoms with Crippen molar-refractivity contribution < 1.29 is 9.53 Å². The molecule has 7 nitrogen and oxygen atoms in total. The van der Waals surface area contributed by atoms with Gasteiger partial charge in [0.2, 0.25) is 0 Å². The number of hydrogen-bond acceptors (Lipinski definition) is 4. The molecule has 1 aliphatic heterocycles. The van der Waals surface area contributed by atoms with Crippen molar-refractivity contribution in [3.05, 3.63) is 57.0 Å². The summed E-state index contributed by atoms with van der Waals surface area (Å²) in [6, 6.07) is 8.31. The molecule has 1 aromatic heterocycles. The summed E-state index contributed by atoms with van der Waals surface area (Å²) in [6.45, 7) is 1.74. The molecule has 2 heterocycles. The Bertz CT molecular complexity index is 837. The zero-order valence-electron chi connectivity index (χ0n) is 13.9. The summed E-state index contributed by atoms with van der Waals surface area (Å²) in [5, 5.41) is 7.77. The van der Waals surface area contributed by atoms with Crippen molar-refractivity contribution in [2.24, 2.45) is 0 Å². The number of ether oxygens (including phenoxy) is 1. The average Bonchev–Trinajstić information content (AvgIpc) is 2.59.